The molecule has 0 aliphatic heterocycles. The molecule has 0 unspecified atom stereocenters. The normalized spacial score (nSPS) is 15.3. The third kappa shape index (κ3) is 2.46. The minimum Gasteiger partial charge on any atom is -0.354 e. The SMILES string of the molecule is CCNCc1c(C)nn(C)c1N(CC)C1CC1. The standard InChI is InChI=1S/C13H24N4/c1-5-14-9-12-10(3)15-16(4)13(12)17(6-2)11-7-8-11/h11,14H,5-9H2,1-4H3. The molecule has 0 aromatic carbocycles. The van der Waals surface area contributed by atoms with Crippen LogP contribution < -0.4 is 10.2 Å². The van der Waals surface area contributed by atoms with Crippen molar-refractivity contribution in [2.75, 3.05) is 18.0 Å². The zero-order valence-electron chi connectivity index (χ0n) is 11.5. The van der Waals surface area contributed by atoms with Gasteiger partial charge in [-0.1, -0.05) is 6.92 Å². The summed E-state index contributed by atoms with van der Waals surface area (Å²) in [4.78, 5) is 2.51. The molecule has 0 amide bonds. The van der Waals surface area contributed by atoms with Crippen molar-refractivity contribution in [2.24, 2.45) is 7.05 Å². The van der Waals surface area contributed by atoms with E-state index >= 15 is 0 Å². The molecule has 1 saturated carbocycles. The fraction of sp³-hybridized carbons (Fsp3) is 0.769. The number of aromatic nitrogens is 2. The van der Waals surface area contributed by atoms with Crippen molar-refractivity contribution in [2.45, 2.75) is 46.2 Å². The van der Waals surface area contributed by atoms with Crippen molar-refractivity contribution in [3.8, 4) is 0 Å². The van der Waals surface area contributed by atoms with Crippen LogP contribution >= 0.6 is 0 Å². The molecule has 0 spiro atoms. The van der Waals surface area contributed by atoms with Crippen molar-refractivity contribution in [3.63, 3.8) is 0 Å². The fourth-order valence-corrected chi connectivity index (χ4v) is 2.47. The highest BCUT2D eigenvalue weighted by molar-refractivity contribution is 5.52. The van der Waals surface area contributed by atoms with Crippen LogP contribution in [0.15, 0.2) is 0 Å². The molecule has 17 heavy (non-hydrogen) atoms. The third-order valence-electron chi connectivity index (χ3n) is 3.47. The molecule has 1 N–H and O–H groups in total. The Morgan fingerprint density at radius 3 is 2.65 bits per heavy atom. The highest BCUT2D eigenvalue weighted by Crippen LogP contribution is 2.34. The van der Waals surface area contributed by atoms with E-state index < -0.39 is 0 Å². The van der Waals surface area contributed by atoms with Crippen molar-refractivity contribution in [1.29, 1.82) is 0 Å². The van der Waals surface area contributed by atoms with Gasteiger partial charge in [-0.3, -0.25) is 4.68 Å². The zero-order chi connectivity index (χ0) is 12.4. The maximum Gasteiger partial charge on any atom is 0.131 e. The van der Waals surface area contributed by atoms with E-state index in [9.17, 15) is 0 Å². The van der Waals surface area contributed by atoms with Crippen LogP contribution in [-0.2, 0) is 13.6 Å². The maximum atomic E-state index is 4.58. The lowest BCUT2D eigenvalue weighted by Gasteiger charge is -2.24. The van der Waals surface area contributed by atoms with Gasteiger partial charge in [0, 0.05) is 31.7 Å². The maximum absolute atomic E-state index is 4.58. The summed E-state index contributed by atoms with van der Waals surface area (Å²) in [6.45, 7) is 9.49. The summed E-state index contributed by atoms with van der Waals surface area (Å²) < 4.78 is 2.05. The first-order chi connectivity index (χ1) is 8.19. The lowest BCUT2D eigenvalue weighted by Crippen LogP contribution is -2.29. The predicted molar refractivity (Wildman–Crippen MR) is 71.4 cm³/mol. The topological polar surface area (TPSA) is 33.1 Å². The van der Waals surface area contributed by atoms with Crippen molar-refractivity contribution in [3.05, 3.63) is 11.3 Å². The molecule has 1 aromatic rings. The van der Waals surface area contributed by atoms with Gasteiger partial charge in [0.1, 0.15) is 5.82 Å². The first kappa shape index (κ1) is 12.4. The van der Waals surface area contributed by atoms with Gasteiger partial charge < -0.3 is 10.2 Å². The summed E-state index contributed by atoms with van der Waals surface area (Å²) in [5.74, 6) is 1.31. The van der Waals surface area contributed by atoms with Crippen molar-refractivity contribution in [1.82, 2.24) is 15.1 Å². The predicted octanol–water partition coefficient (Wildman–Crippen LogP) is 1.83. The van der Waals surface area contributed by atoms with Gasteiger partial charge in [-0.2, -0.15) is 5.10 Å². The second-order valence-electron chi connectivity index (χ2n) is 4.81. The molecule has 1 heterocycles. The number of anilines is 1. The Labute approximate surface area is 104 Å². The summed E-state index contributed by atoms with van der Waals surface area (Å²) in [6, 6.07) is 0.746. The van der Waals surface area contributed by atoms with E-state index in [1.165, 1.54) is 24.2 Å². The molecule has 96 valence electrons. The number of hydrogen-bond donors (Lipinski definition) is 1. The van der Waals surface area contributed by atoms with Crippen LogP contribution in [0.3, 0.4) is 0 Å². The summed E-state index contributed by atoms with van der Waals surface area (Å²) in [6.07, 6.45) is 2.66. The number of hydrogen-bond acceptors (Lipinski definition) is 3. The summed E-state index contributed by atoms with van der Waals surface area (Å²) >= 11 is 0. The van der Waals surface area contributed by atoms with E-state index in [-0.39, 0.29) is 0 Å². The van der Waals surface area contributed by atoms with Crippen LogP contribution in [0.25, 0.3) is 0 Å². The number of nitrogens with one attached hydrogen (secondary N) is 1. The molecular formula is C13H24N4. The van der Waals surface area contributed by atoms with E-state index in [1.54, 1.807) is 0 Å². The quantitative estimate of drug-likeness (QED) is 0.818. The third-order valence-corrected chi connectivity index (χ3v) is 3.47. The van der Waals surface area contributed by atoms with E-state index in [4.69, 9.17) is 0 Å². The molecule has 0 saturated heterocycles. The second-order valence-corrected chi connectivity index (χ2v) is 4.81. The second kappa shape index (κ2) is 5.08. The van der Waals surface area contributed by atoms with Crippen LogP contribution in [-0.4, -0.2) is 28.9 Å². The Bertz CT molecular complexity index is 379. The van der Waals surface area contributed by atoms with Gasteiger partial charge in [0.25, 0.3) is 0 Å². The number of rotatable bonds is 6. The molecule has 4 heteroatoms. The molecule has 1 aliphatic carbocycles. The Morgan fingerprint density at radius 2 is 2.12 bits per heavy atom. The molecule has 0 atom stereocenters. The Hall–Kier alpha value is -1.03. The van der Waals surface area contributed by atoms with Crippen molar-refractivity contribution >= 4 is 5.82 Å². The van der Waals surface area contributed by atoms with Gasteiger partial charge in [-0.05, 0) is 33.2 Å². The molecule has 0 bridgehead atoms. The van der Waals surface area contributed by atoms with Gasteiger partial charge in [-0.25, -0.2) is 0 Å². The summed E-state index contributed by atoms with van der Waals surface area (Å²) in [5, 5.41) is 8.00. The van der Waals surface area contributed by atoms with Gasteiger partial charge >= 0.3 is 0 Å². The van der Waals surface area contributed by atoms with Crippen molar-refractivity contribution < 1.29 is 0 Å². The molecular weight excluding hydrogens is 212 g/mol. The van der Waals surface area contributed by atoms with Crippen LogP contribution in [0.1, 0.15) is 37.9 Å². The highest BCUT2D eigenvalue weighted by atomic mass is 15.4. The lowest BCUT2D eigenvalue weighted by atomic mass is 10.2. The molecule has 2 rings (SSSR count). The van der Waals surface area contributed by atoms with E-state index in [2.05, 4.69) is 43.1 Å². The summed E-state index contributed by atoms with van der Waals surface area (Å²) in [7, 11) is 2.06. The van der Waals surface area contributed by atoms with Gasteiger partial charge in [0.05, 0.1) is 5.69 Å². The van der Waals surface area contributed by atoms with E-state index in [0.717, 1.165) is 31.4 Å². The molecule has 1 aromatic heterocycles. The van der Waals surface area contributed by atoms with Gasteiger partial charge in [0.2, 0.25) is 0 Å². The monoisotopic (exact) mass is 236 g/mol. The molecule has 1 fully saturated rings. The Kier molecular flexibility index (Phi) is 3.72. The lowest BCUT2D eigenvalue weighted by molar-refractivity contribution is 0.690. The molecule has 4 nitrogen and oxygen atoms in total. The first-order valence-electron chi connectivity index (χ1n) is 6.68. The van der Waals surface area contributed by atoms with E-state index in [0.29, 0.717) is 0 Å². The Morgan fingerprint density at radius 1 is 1.41 bits per heavy atom. The fourth-order valence-electron chi connectivity index (χ4n) is 2.47. The smallest absolute Gasteiger partial charge is 0.131 e. The zero-order valence-corrected chi connectivity index (χ0v) is 11.5. The highest BCUT2D eigenvalue weighted by Gasteiger charge is 2.31. The largest absolute Gasteiger partial charge is 0.354 e. The summed E-state index contributed by atoms with van der Waals surface area (Å²) in [5.41, 5.74) is 2.52. The number of aryl methyl sites for hydroxylation is 2. The van der Waals surface area contributed by atoms with Crippen LogP contribution in [0, 0.1) is 6.92 Å². The average Bonchev–Trinajstić information content (AvgIpc) is 3.07. The van der Waals surface area contributed by atoms with Crippen LogP contribution in [0.4, 0.5) is 5.82 Å². The minimum atomic E-state index is 0.746. The Balaban J connectivity index is 2.29. The van der Waals surface area contributed by atoms with Crippen LogP contribution in [0.5, 0.6) is 0 Å². The van der Waals surface area contributed by atoms with Gasteiger partial charge in [-0.15, -0.1) is 0 Å². The average molecular weight is 236 g/mol. The molecule has 0 radical (unpaired) electrons. The van der Waals surface area contributed by atoms with E-state index in [1.807, 2.05) is 4.68 Å². The first-order valence-corrected chi connectivity index (χ1v) is 6.68. The number of nitrogens with zero attached hydrogens (tertiary/aromatic N) is 3. The van der Waals surface area contributed by atoms with Gasteiger partial charge in [0.15, 0.2) is 0 Å². The molecule has 1 aliphatic rings. The minimum absolute atomic E-state index is 0.746. The van der Waals surface area contributed by atoms with Crippen LogP contribution in [0.2, 0.25) is 0 Å².